The van der Waals surface area contributed by atoms with E-state index in [1.54, 1.807) is 48.5 Å². The molecule has 0 fully saturated rings. The van der Waals surface area contributed by atoms with Crippen LogP contribution >= 0.6 is 11.6 Å². The number of rotatable bonds is 3. The lowest BCUT2D eigenvalue weighted by Gasteiger charge is -2.12. The second-order valence-electron chi connectivity index (χ2n) is 5.42. The number of aryl methyl sites for hydroxylation is 1. The number of amides is 3. The Hall–Kier alpha value is -2.38. The zero-order chi connectivity index (χ0) is 18.6. The van der Waals surface area contributed by atoms with E-state index in [0.29, 0.717) is 15.6 Å². The molecule has 0 aliphatic rings. The van der Waals surface area contributed by atoms with E-state index in [9.17, 15) is 13.8 Å². The molecule has 2 aromatic carbocycles. The van der Waals surface area contributed by atoms with Gasteiger partial charge in [-0.15, -0.1) is 3.95 Å². The molecule has 3 amide bonds. The van der Waals surface area contributed by atoms with Gasteiger partial charge in [0.2, 0.25) is 0 Å². The molecule has 8 heteroatoms. The van der Waals surface area contributed by atoms with E-state index in [2.05, 4.69) is 10.0 Å². The molecule has 1 atom stereocenters. The molecule has 0 aromatic heterocycles. The Bertz CT molecular complexity index is 915. The molecular formula is C17H19ClN3O3S+. The van der Waals surface area contributed by atoms with Crippen molar-refractivity contribution in [1.82, 2.24) is 4.72 Å². The van der Waals surface area contributed by atoms with Crippen molar-refractivity contribution in [1.29, 1.82) is 0 Å². The van der Waals surface area contributed by atoms with Crippen LogP contribution in [-0.4, -0.2) is 27.1 Å². The van der Waals surface area contributed by atoms with Gasteiger partial charge in [0, 0.05) is 10.7 Å². The van der Waals surface area contributed by atoms with E-state index in [-0.39, 0.29) is 0 Å². The number of hydrogen-bond donors (Lipinski definition) is 2. The third kappa shape index (κ3) is 4.58. The lowest BCUT2D eigenvalue weighted by Crippen LogP contribution is -2.40. The fourth-order valence-corrected chi connectivity index (χ4v) is 3.87. The van der Waals surface area contributed by atoms with Crippen molar-refractivity contribution < 1.29 is 17.7 Å². The first kappa shape index (κ1) is 19.0. The minimum absolute atomic E-state index is 0.335. The number of benzene rings is 2. The van der Waals surface area contributed by atoms with Crippen LogP contribution in [-0.2, 0) is 14.7 Å². The van der Waals surface area contributed by atoms with E-state index in [4.69, 9.17) is 11.6 Å². The van der Waals surface area contributed by atoms with E-state index in [1.165, 1.54) is 14.0 Å². The number of halogens is 1. The van der Waals surface area contributed by atoms with Crippen LogP contribution in [0.1, 0.15) is 12.5 Å². The van der Waals surface area contributed by atoms with Gasteiger partial charge in [-0.1, -0.05) is 29.3 Å². The van der Waals surface area contributed by atoms with Crippen LogP contribution in [0.25, 0.3) is 0 Å². The van der Waals surface area contributed by atoms with Crippen molar-refractivity contribution in [3.63, 3.8) is 0 Å². The molecule has 0 heterocycles. The van der Waals surface area contributed by atoms with Crippen molar-refractivity contribution in [2.45, 2.75) is 18.7 Å². The third-order valence-corrected chi connectivity index (χ3v) is 6.16. The van der Waals surface area contributed by atoms with Gasteiger partial charge in [0.25, 0.3) is 9.92 Å². The topological polar surface area (TPSA) is 78.3 Å². The van der Waals surface area contributed by atoms with Crippen LogP contribution in [0.3, 0.4) is 0 Å². The molecule has 0 saturated carbocycles. The largest absolute Gasteiger partial charge is 0.394 e. The van der Waals surface area contributed by atoms with Crippen LogP contribution in [0, 0.1) is 6.92 Å². The molecule has 2 rings (SSSR count). The summed E-state index contributed by atoms with van der Waals surface area (Å²) in [5, 5.41) is 3.11. The molecular weight excluding hydrogens is 362 g/mol. The number of urea groups is 1. The van der Waals surface area contributed by atoms with E-state index < -0.39 is 21.9 Å². The van der Waals surface area contributed by atoms with E-state index in [1.807, 2.05) is 6.92 Å². The summed E-state index contributed by atoms with van der Waals surface area (Å²) in [5.41, 5.74) is 1.46. The van der Waals surface area contributed by atoms with Crippen molar-refractivity contribution >= 4 is 39.1 Å². The molecule has 6 nitrogen and oxygen atoms in total. The van der Waals surface area contributed by atoms with Gasteiger partial charge >= 0.3 is 11.9 Å². The molecule has 0 bridgehead atoms. The van der Waals surface area contributed by atoms with Gasteiger partial charge in [-0.2, -0.15) is 4.21 Å². The summed E-state index contributed by atoms with van der Waals surface area (Å²) in [6, 6.07) is 12.6. The second-order valence-corrected chi connectivity index (χ2v) is 8.13. The Morgan fingerprint density at radius 2 is 1.60 bits per heavy atom. The standard InChI is InChI=1S/C17H18ClN3O3S/c1-12-4-10-16(11-5-12)25(24,21(3)13(2)22)20-17(23)19-15-8-6-14(18)7-9-15/h4-11H,1-3H3,(H,19,23)/p+1. The number of nitrogens with zero attached hydrogens (tertiary/aromatic N) is 1. The van der Waals surface area contributed by atoms with Gasteiger partial charge in [0.05, 0.1) is 6.92 Å². The zero-order valence-electron chi connectivity index (χ0n) is 14.1. The molecule has 2 aromatic rings. The average molecular weight is 381 g/mol. The summed E-state index contributed by atoms with van der Waals surface area (Å²) >= 11 is 5.81. The highest BCUT2D eigenvalue weighted by molar-refractivity contribution is 7.90. The van der Waals surface area contributed by atoms with Crippen molar-refractivity contribution in [3.8, 4) is 0 Å². The van der Waals surface area contributed by atoms with Crippen molar-refractivity contribution in [3.05, 3.63) is 59.1 Å². The normalized spacial score (nSPS) is 12.8. The quantitative estimate of drug-likeness (QED) is 0.801. The van der Waals surface area contributed by atoms with Crippen molar-refractivity contribution in [2.24, 2.45) is 0 Å². The number of carbonyl (C=O) groups excluding carboxylic acids is 2. The fourth-order valence-electron chi connectivity index (χ4n) is 2.00. The van der Waals surface area contributed by atoms with Gasteiger partial charge in [-0.3, -0.25) is 0 Å². The smallest absolute Gasteiger partial charge is 0.307 e. The molecule has 0 aliphatic heterocycles. The van der Waals surface area contributed by atoms with Crippen LogP contribution in [0.2, 0.25) is 5.02 Å². The Balaban J connectivity index is 2.37. The summed E-state index contributed by atoms with van der Waals surface area (Å²) in [6.45, 7) is 3.17. The molecule has 1 unspecified atom stereocenters. The number of anilines is 1. The summed E-state index contributed by atoms with van der Waals surface area (Å²) in [5.74, 6) is -0.433. The third-order valence-electron chi connectivity index (χ3n) is 3.50. The second kappa shape index (κ2) is 7.67. The average Bonchev–Trinajstić information content (AvgIpc) is 2.56. The summed E-state index contributed by atoms with van der Waals surface area (Å²) in [6.07, 6.45) is 0. The van der Waals surface area contributed by atoms with E-state index >= 15 is 0 Å². The SMILES string of the molecule is CC(=O)[N+](C)=S(=O)(NC(=O)Nc1ccc(Cl)cc1)c1ccc(C)cc1. The predicted octanol–water partition coefficient (Wildman–Crippen LogP) is 3.40. The molecule has 0 saturated heterocycles. The lowest BCUT2D eigenvalue weighted by molar-refractivity contribution is -0.396. The summed E-state index contributed by atoms with van der Waals surface area (Å²) in [7, 11) is -1.91. The first-order valence-corrected chi connectivity index (χ1v) is 9.31. The Kier molecular flexibility index (Phi) is 5.81. The Morgan fingerprint density at radius 1 is 1.04 bits per heavy atom. The first-order chi connectivity index (χ1) is 11.7. The maximum Gasteiger partial charge on any atom is 0.394 e. The molecule has 25 heavy (non-hydrogen) atoms. The van der Waals surface area contributed by atoms with Gasteiger partial charge in [0.1, 0.15) is 4.90 Å². The Labute approximate surface area is 152 Å². The van der Waals surface area contributed by atoms with Gasteiger partial charge in [-0.05, 0) is 43.3 Å². The number of nitrogens with one attached hydrogen (secondary N) is 2. The van der Waals surface area contributed by atoms with Crippen LogP contribution in [0.5, 0.6) is 0 Å². The molecule has 0 radical (unpaired) electrons. The summed E-state index contributed by atoms with van der Waals surface area (Å²) < 4.78 is 16.9. The van der Waals surface area contributed by atoms with Crippen LogP contribution in [0.15, 0.2) is 53.4 Å². The highest BCUT2D eigenvalue weighted by Gasteiger charge is 2.27. The van der Waals surface area contributed by atoms with Gasteiger partial charge < -0.3 is 5.32 Å². The highest BCUT2D eigenvalue weighted by atomic mass is 35.5. The maximum absolute atomic E-state index is 13.4. The van der Waals surface area contributed by atoms with Crippen LogP contribution in [0.4, 0.5) is 10.5 Å². The predicted molar refractivity (Wildman–Crippen MR) is 98.1 cm³/mol. The first-order valence-electron chi connectivity index (χ1n) is 7.42. The molecule has 2 N–H and O–H groups in total. The lowest BCUT2D eigenvalue weighted by atomic mass is 10.2. The summed E-state index contributed by atoms with van der Waals surface area (Å²) in [4.78, 5) is 24.4. The molecule has 0 aliphatic carbocycles. The van der Waals surface area contributed by atoms with Gasteiger partial charge in [-0.25, -0.2) is 14.3 Å². The fraction of sp³-hybridized carbons (Fsp3) is 0.176. The number of carbonyl (C=O) groups is 2. The Morgan fingerprint density at radius 3 is 2.12 bits per heavy atom. The van der Waals surface area contributed by atoms with Crippen molar-refractivity contribution in [2.75, 3.05) is 12.4 Å². The molecule has 0 spiro atoms. The van der Waals surface area contributed by atoms with Crippen LogP contribution < -0.4 is 10.0 Å². The maximum atomic E-state index is 13.4. The van der Waals surface area contributed by atoms with Gasteiger partial charge in [0.15, 0.2) is 7.05 Å². The highest BCUT2D eigenvalue weighted by Crippen LogP contribution is 2.15. The zero-order valence-corrected chi connectivity index (χ0v) is 15.6. The minimum Gasteiger partial charge on any atom is -0.307 e. The minimum atomic E-state index is -3.29. The number of hydrogen-bond acceptors (Lipinski definition) is 3. The monoisotopic (exact) mass is 380 g/mol. The molecule has 132 valence electrons. The van der Waals surface area contributed by atoms with E-state index in [0.717, 1.165) is 9.51 Å².